The number of hydrogen-bond acceptors (Lipinski definition) is 13. The molecule has 2 rings (SSSR count). The lowest BCUT2D eigenvalue weighted by Gasteiger charge is -2.53. The standard InChI is InChI=1S/C13H22O13/c14-1-3(16)7(20)12(25,8(21)4(1)17)11(24)13(26)9(22)5(18)2(15)6(19)10(13)23/h1-10,14-23,25-26H/t1?,2?,3-,4+,5-,6+,7-,8-,9-,10-,12?,13?/m1/s1. The second-order valence-corrected chi connectivity index (χ2v) is 6.70. The molecule has 0 aromatic carbocycles. The van der Waals surface area contributed by atoms with Crippen molar-refractivity contribution < 1.29 is 66.1 Å². The summed E-state index contributed by atoms with van der Waals surface area (Å²) in [5, 5.41) is 118. The number of rotatable bonds is 2. The van der Waals surface area contributed by atoms with Gasteiger partial charge in [-0.3, -0.25) is 4.79 Å². The summed E-state index contributed by atoms with van der Waals surface area (Å²) in [4.78, 5) is 12.7. The van der Waals surface area contributed by atoms with E-state index in [1.807, 2.05) is 0 Å². The number of Topliss-reactive ketones (excluding diaryl/α,β-unsaturated/α-hetero) is 1. The summed E-state index contributed by atoms with van der Waals surface area (Å²) in [5.41, 5.74) is -7.28. The predicted molar refractivity (Wildman–Crippen MR) is 75.0 cm³/mol. The minimum atomic E-state index is -3.64. The summed E-state index contributed by atoms with van der Waals surface area (Å²) in [6, 6.07) is 0. The summed E-state index contributed by atoms with van der Waals surface area (Å²) >= 11 is 0. The zero-order valence-electron chi connectivity index (χ0n) is 13.0. The van der Waals surface area contributed by atoms with Crippen LogP contribution < -0.4 is 0 Å². The Morgan fingerprint density at radius 1 is 0.462 bits per heavy atom. The van der Waals surface area contributed by atoms with E-state index in [2.05, 4.69) is 0 Å². The second-order valence-electron chi connectivity index (χ2n) is 6.70. The van der Waals surface area contributed by atoms with E-state index in [1.165, 1.54) is 0 Å². The highest BCUT2D eigenvalue weighted by Gasteiger charge is 2.71. The third-order valence-corrected chi connectivity index (χ3v) is 5.22. The van der Waals surface area contributed by atoms with Crippen LogP contribution in [0.5, 0.6) is 0 Å². The fraction of sp³-hybridized carbons (Fsp3) is 0.923. The van der Waals surface area contributed by atoms with E-state index in [0.29, 0.717) is 0 Å². The van der Waals surface area contributed by atoms with Crippen molar-refractivity contribution in [1.82, 2.24) is 0 Å². The minimum absolute atomic E-state index is 2.18. The zero-order chi connectivity index (χ0) is 20.4. The maximum Gasteiger partial charge on any atom is 0.206 e. The van der Waals surface area contributed by atoms with Gasteiger partial charge in [0, 0.05) is 0 Å². The number of aliphatic hydroxyl groups is 12. The quantitative estimate of drug-likeness (QED) is 0.210. The third kappa shape index (κ3) is 2.53. The number of carbonyl (C=O) groups excluding carboxylic acids is 1. The Morgan fingerprint density at radius 2 is 0.654 bits per heavy atom. The zero-order valence-corrected chi connectivity index (χ0v) is 13.0. The van der Waals surface area contributed by atoms with E-state index in [4.69, 9.17) is 0 Å². The second kappa shape index (κ2) is 6.66. The molecule has 0 aromatic heterocycles. The van der Waals surface area contributed by atoms with Crippen LogP contribution in [0, 0.1) is 0 Å². The van der Waals surface area contributed by atoms with E-state index in [0.717, 1.165) is 0 Å². The molecule has 0 spiro atoms. The Hall–Kier alpha value is -0.810. The van der Waals surface area contributed by atoms with E-state index >= 15 is 0 Å². The summed E-state index contributed by atoms with van der Waals surface area (Å²) in [6.45, 7) is 0. The topological polar surface area (TPSA) is 260 Å². The molecule has 0 aliphatic heterocycles. The van der Waals surface area contributed by atoms with E-state index < -0.39 is 78.0 Å². The van der Waals surface area contributed by atoms with Crippen LogP contribution >= 0.6 is 0 Å². The molecule has 2 aliphatic rings. The first-order valence-corrected chi connectivity index (χ1v) is 7.55. The molecule has 0 radical (unpaired) electrons. The van der Waals surface area contributed by atoms with Gasteiger partial charge in [0.15, 0.2) is 11.2 Å². The van der Waals surface area contributed by atoms with Crippen LogP contribution in [-0.2, 0) is 4.79 Å². The molecular weight excluding hydrogens is 364 g/mol. The van der Waals surface area contributed by atoms with Crippen LogP contribution in [0.4, 0.5) is 0 Å². The largest absolute Gasteiger partial charge is 0.387 e. The lowest BCUT2D eigenvalue weighted by Crippen LogP contribution is -2.82. The monoisotopic (exact) mass is 386 g/mol. The van der Waals surface area contributed by atoms with E-state index in [-0.39, 0.29) is 0 Å². The van der Waals surface area contributed by atoms with Crippen LogP contribution in [0.2, 0.25) is 0 Å². The molecule has 0 heterocycles. The normalized spacial score (nSPS) is 58.5. The maximum absolute atomic E-state index is 12.7. The van der Waals surface area contributed by atoms with Crippen molar-refractivity contribution in [3.63, 3.8) is 0 Å². The smallest absolute Gasteiger partial charge is 0.206 e. The molecule has 0 bridgehead atoms. The Labute approximate surface area is 145 Å². The first-order chi connectivity index (χ1) is 11.7. The molecule has 2 fully saturated rings. The first kappa shape index (κ1) is 21.5. The van der Waals surface area contributed by atoms with E-state index in [1.54, 1.807) is 0 Å². The Kier molecular flexibility index (Phi) is 5.51. The lowest BCUT2D eigenvalue weighted by atomic mass is 9.63. The van der Waals surface area contributed by atoms with Gasteiger partial charge in [0.1, 0.15) is 61.0 Å². The molecule has 12 N–H and O–H groups in total. The van der Waals surface area contributed by atoms with Crippen molar-refractivity contribution in [1.29, 1.82) is 0 Å². The Morgan fingerprint density at radius 3 is 0.846 bits per heavy atom. The van der Waals surface area contributed by atoms with Crippen molar-refractivity contribution in [3.8, 4) is 0 Å². The summed E-state index contributed by atoms with van der Waals surface area (Å²) in [6.07, 6.45) is -24.9. The van der Waals surface area contributed by atoms with Crippen molar-refractivity contribution in [2.24, 2.45) is 0 Å². The number of hydrogen-bond donors (Lipinski definition) is 12. The fourth-order valence-corrected chi connectivity index (χ4v) is 3.40. The average molecular weight is 386 g/mol. The van der Waals surface area contributed by atoms with Crippen LogP contribution in [0.3, 0.4) is 0 Å². The molecule has 152 valence electrons. The first-order valence-electron chi connectivity index (χ1n) is 7.55. The Balaban J connectivity index is 2.54. The third-order valence-electron chi connectivity index (χ3n) is 5.22. The molecule has 2 saturated carbocycles. The van der Waals surface area contributed by atoms with Gasteiger partial charge in [-0.15, -0.1) is 0 Å². The van der Waals surface area contributed by atoms with Crippen molar-refractivity contribution in [2.75, 3.05) is 0 Å². The SMILES string of the molecule is O=C(C1(O)[C@H](O)[C@H](O)C(O)[C@H](O)[C@H]1O)C1(O)[C@H](O)[C@H](O)C(O)[C@H](O)[C@H]1O. The van der Waals surface area contributed by atoms with Gasteiger partial charge in [0.25, 0.3) is 0 Å². The molecule has 2 aliphatic carbocycles. The molecular formula is C13H22O13. The van der Waals surface area contributed by atoms with Gasteiger partial charge in [-0.05, 0) is 0 Å². The van der Waals surface area contributed by atoms with Gasteiger partial charge < -0.3 is 61.3 Å². The van der Waals surface area contributed by atoms with Gasteiger partial charge >= 0.3 is 0 Å². The van der Waals surface area contributed by atoms with Crippen molar-refractivity contribution >= 4 is 5.78 Å². The minimum Gasteiger partial charge on any atom is -0.387 e. The summed E-state index contributed by atoms with van der Waals surface area (Å²) in [5.74, 6) is -2.18. The highest BCUT2D eigenvalue weighted by molar-refractivity contribution is 5.97. The highest BCUT2D eigenvalue weighted by atomic mass is 16.5. The number of ketones is 1. The molecule has 13 nitrogen and oxygen atoms in total. The van der Waals surface area contributed by atoms with Crippen LogP contribution in [-0.4, -0.2) is 139 Å². The van der Waals surface area contributed by atoms with Crippen LogP contribution in [0.15, 0.2) is 0 Å². The van der Waals surface area contributed by atoms with Gasteiger partial charge in [-0.1, -0.05) is 0 Å². The van der Waals surface area contributed by atoms with Crippen molar-refractivity contribution in [3.05, 3.63) is 0 Å². The van der Waals surface area contributed by atoms with Gasteiger partial charge in [-0.25, -0.2) is 0 Å². The molecule has 0 saturated heterocycles. The lowest BCUT2D eigenvalue weighted by molar-refractivity contribution is -0.289. The summed E-state index contributed by atoms with van der Waals surface area (Å²) in [7, 11) is 0. The van der Waals surface area contributed by atoms with Gasteiger partial charge in [0.05, 0.1) is 0 Å². The van der Waals surface area contributed by atoms with Crippen LogP contribution in [0.25, 0.3) is 0 Å². The van der Waals surface area contributed by atoms with Crippen LogP contribution in [0.1, 0.15) is 0 Å². The maximum atomic E-state index is 12.7. The molecule has 13 heteroatoms. The van der Waals surface area contributed by atoms with Gasteiger partial charge in [0.2, 0.25) is 5.78 Å². The van der Waals surface area contributed by atoms with Crippen molar-refractivity contribution in [2.45, 2.75) is 72.2 Å². The Bertz CT molecular complexity index is 476. The molecule has 0 aromatic rings. The predicted octanol–water partition coefficient (Wildman–Crippen LogP) is -8.35. The molecule has 12 atom stereocenters. The van der Waals surface area contributed by atoms with E-state index in [9.17, 15) is 66.1 Å². The molecule has 0 amide bonds. The number of aliphatic hydroxyl groups excluding tert-OH is 10. The summed E-state index contributed by atoms with van der Waals surface area (Å²) < 4.78 is 0. The number of carbonyl (C=O) groups is 1. The average Bonchev–Trinajstić information content (AvgIpc) is 2.63. The molecule has 26 heavy (non-hydrogen) atoms. The fourth-order valence-electron chi connectivity index (χ4n) is 3.40. The highest BCUT2D eigenvalue weighted by Crippen LogP contribution is 2.39. The molecule has 4 unspecified atom stereocenters. The van der Waals surface area contributed by atoms with Gasteiger partial charge in [-0.2, -0.15) is 0 Å².